The van der Waals surface area contributed by atoms with Gasteiger partial charge in [0.15, 0.2) is 0 Å². The fourth-order valence-electron chi connectivity index (χ4n) is 0.652. The van der Waals surface area contributed by atoms with Crippen LogP contribution in [0, 0.1) is 0 Å². The SMILES string of the molecule is CC(C)(C)OC(=O)NCC[B-](F)(F)F.[HH].[KH]. The average molecular weight is 254 g/mol. The van der Waals surface area contributed by atoms with E-state index in [0.29, 0.717) is 0 Å². The van der Waals surface area contributed by atoms with Crippen molar-refractivity contribution in [3.63, 3.8) is 0 Å². The van der Waals surface area contributed by atoms with Crippen LogP contribution in [0.3, 0.4) is 0 Å². The number of nitrogens with one attached hydrogen (secondary N) is 1. The zero-order valence-corrected chi connectivity index (χ0v) is 8.44. The van der Waals surface area contributed by atoms with Gasteiger partial charge in [-0.25, -0.2) is 4.79 Å². The van der Waals surface area contributed by atoms with Gasteiger partial charge in [-0.2, -0.15) is 0 Å². The monoisotopic (exact) mass is 254 g/mol. The zero-order chi connectivity index (χ0) is 11.4. The molecule has 0 unspecified atom stereocenters. The summed E-state index contributed by atoms with van der Waals surface area (Å²) in [5, 5.41) is 2.03. The third kappa shape index (κ3) is 14.8. The van der Waals surface area contributed by atoms with Gasteiger partial charge in [0, 0.05) is 1.43 Å². The molecular weight excluding hydrogens is 237 g/mol. The van der Waals surface area contributed by atoms with Crippen molar-refractivity contribution < 1.29 is 23.9 Å². The fourth-order valence-corrected chi connectivity index (χ4v) is 0.652. The quantitative estimate of drug-likeness (QED) is 0.782. The number of rotatable bonds is 3. The van der Waals surface area contributed by atoms with E-state index in [1.165, 1.54) is 0 Å². The maximum atomic E-state index is 11.7. The Morgan fingerprint density at radius 2 is 1.87 bits per heavy atom. The molecule has 0 aromatic heterocycles. The summed E-state index contributed by atoms with van der Waals surface area (Å²) in [5.41, 5.74) is -0.687. The minimum atomic E-state index is -4.84. The molecule has 0 aliphatic carbocycles. The number of alkyl carbamates (subject to hydrolysis) is 1. The second-order valence-corrected chi connectivity index (χ2v) is 3.93. The summed E-state index contributed by atoms with van der Waals surface area (Å²) >= 11 is 0. The molecule has 0 aromatic carbocycles. The molecule has 1 amide bonds. The summed E-state index contributed by atoms with van der Waals surface area (Å²) in [6.45, 7) is -0.354. The van der Waals surface area contributed by atoms with Crippen molar-refractivity contribution >= 4 is 64.5 Å². The van der Waals surface area contributed by atoms with E-state index in [1.807, 2.05) is 5.32 Å². The number of ether oxygens (including phenoxy) is 1. The van der Waals surface area contributed by atoms with E-state index in [9.17, 15) is 17.7 Å². The number of carbonyl (C=O) groups is 1. The van der Waals surface area contributed by atoms with Gasteiger partial charge in [0.25, 0.3) is 0 Å². The molecule has 8 heteroatoms. The van der Waals surface area contributed by atoms with Crippen molar-refractivity contribution in [3.05, 3.63) is 0 Å². The van der Waals surface area contributed by atoms with Crippen molar-refractivity contribution in [2.24, 2.45) is 0 Å². The van der Waals surface area contributed by atoms with Crippen LogP contribution in [0.15, 0.2) is 0 Å². The van der Waals surface area contributed by atoms with Gasteiger partial charge in [-0.1, -0.05) is 6.32 Å². The van der Waals surface area contributed by atoms with Crippen LogP contribution in [0.4, 0.5) is 17.7 Å². The Bertz CT molecular complexity index is 211. The predicted octanol–water partition coefficient (Wildman–Crippen LogP) is 1.96. The number of hydrogen-bond donors (Lipinski definition) is 1. The molecule has 0 radical (unpaired) electrons. The van der Waals surface area contributed by atoms with Gasteiger partial charge in [0.1, 0.15) is 5.60 Å². The molecule has 0 aliphatic rings. The van der Waals surface area contributed by atoms with Gasteiger partial charge in [0.2, 0.25) is 0 Å². The zero-order valence-electron chi connectivity index (χ0n) is 8.44. The van der Waals surface area contributed by atoms with E-state index < -0.39 is 31.5 Å². The molecule has 0 aliphatic heterocycles. The summed E-state index contributed by atoms with van der Waals surface area (Å²) in [6.07, 6.45) is -1.81. The standard InChI is InChI=1S/C7H14BF3NO2.K.H2.H/c1-7(2,3)14-6(13)12-5-4-8(9,10)11;;;/h4-5H2,1-3H3,(H,12,13);;1H;/q-1;;;. The van der Waals surface area contributed by atoms with Crippen molar-refractivity contribution in [2.75, 3.05) is 6.54 Å². The Kier molecular flexibility index (Phi) is 8.65. The van der Waals surface area contributed by atoms with Gasteiger partial charge in [-0.15, -0.1) is 0 Å². The minimum absolute atomic E-state index is 0. The molecular formula is C7H17BF3KNO2-. The molecule has 0 rings (SSSR count). The van der Waals surface area contributed by atoms with E-state index in [1.54, 1.807) is 20.8 Å². The Morgan fingerprint density at radius 1 is 1.40 bits per heavy atom. The Hall–Kier alpha value is 0.761. The summed E-state index contributed by atoms with van der Waals surface area (Å²) in [6, 6.07) is 0. The summed E-state index contributed by atoms with van der Waals surface area (Å²) in [7, 11) is 0. The first kappa shape index (κ1) is 18.1. The van der Waals surface area contributed by atoms with Crippen LogP contribution in [-0.2, 0) is 4.74 Å². The second kappa shape index (κ2) is 7.16. The van der Waals surface area contributed by atoms with Crippen LogP contribution >= 0.6 is 0 Å². The molecule has 0 aromatic rings. The number of hydrogen-bond acceptors (Lipinski definition) is 2. The molecule has 0 fully saturated rings. The summed E-state index contributed by atoms with van der Waals surface area (Å²) in [4.78, 5) is 10.9. The summed E-state index contributed by atoms with van der Waals surface area (Å²) < 4.78 is 39.9. The molecule has 1 N–H and O–H groups in total. The summed E-state index contributed by atoms with van der Waals surface area (Å²) in [5.74, 6) is 0. The van der Waals surface area contributed by atoms with Crippen LogP contribution in [-0.4, -0.2) is 76.6 Å². The van der Waals surface area contributed by atoms with Gasteiger partial charge in [0.05, 0.1) is 0 Å². The molecule has 0 heterocycles. The van der Waals surface area contributed by atoms with Crippen molar-refractivity contribution in [1.82, 2.24) is 5.32 Å². The molecule has 0 atom stereocenters. The molecule has 0 saturated heterocycles. The van der Waals surface area contributed by atoms with E-state index in [2.05, 4.69) is 0 Å². The Balaban J connectivity index is -0.000000845. The average Bonchev–Trinajstić information content (AvgIpc) is 1.78. The van der Waals surface area contributed by atoms with E-state index in [0.717, 1.165) is 0 Å². The molecule has 0 bridgehead atoms. The fraction of sp³-hybridized carbons (Fsp3) is 0.857. The van der Waals surface area contributed by atoms with Crippen LogP contribution < -0.4 is 5.32 Å². The first-order valence-corrected chi connectivity index (χ1v) is 4.28. The normalized spacial score (nSPS) is 11.6. The molecule has 0 spiro atoms. The first-order valence-electron chi connectivity index (χ1n) is 4.28. The van der Waals surface area contributed by atoms with E-state index in [4.69, 9.17) is 4.74 Å². The van der Waals surface area contributed by atoms with Gasteiger partial charge in [-0.05, 0) is 27.3 Å². The molecule has 3 nitrogen and oxygen atoms in total. The molecule has 15 heavy (non-hydrogen) atoms. The van der Waals surface area contributed by atoms with Gasteiger partial charge in [-0.3, -0.25) is 0 Å². The number of amides is 1. The third-order valence-corrected chi connectivity index (χ3v) is 1.14. The third-order valence-electron chi connectivity index (χ3n) is 1.14. The van der Waals surface area contributed by atoms with Crippen molar-refractivity contribution in [2.45, 2.75) is 32.7 Å². The second-order valence-electron chi connectivity index (χ2n) is 3.93. The van der Waals surface area contributed by atoms with Crippen LogP contribution in [0.2, 0.25) is 6.32 Å². The Labute approximate surface area is 131 Å². The van der Waals surface area contributed by atoms with Crippen molar-refractivity contribution in [1.29, 1.82) is 0 Å². The van der Waals surface area contributed by atoms with Crippen LogP contribution in [0.1, 0.15) is 22.2 Å². The number of carbonyl (C=O) groups excluding carboxylic acids is 1. The Morgan fingerprint density at radius 3 is 2.20 bits per heavy atom. The van der Waals surface area contributed by atoms with Crippen LogP contribution in [0.5, 0.6) is 0 Å². The van der Waals surface area contributed by atoms with Gasteiger partial charge >= 0.3 is 64.5 Å². The van der Waals surface area contributed by atoms with Crippen molar-refractivity contribution in [3.8, 4) is 0 Å². The first-order chi connectivity index (χ1) is 6.10. The maximum absolute atomic E-state index is 11.7. The van der Waals surface area contributed by atoms with Gasteiger partial charge < -0.3 is 23.0 Å². The molecule has 88 valence electrons. The van der Waals surface area contributed by atoms with E-state index >= 15 is 0 Å². The number of halogens is 3. The van der Waals surface area contributed by atoms with Crippen LogP contribution in [0.25, 0.3) is 0 Å². The van der Waals surface area contributed by atoms with E-state index in [-0.39, 0.29) is 52.8 Å². The molecule has 0 saturated carbocycles. The topological polar surface area (TPSA) is 38.3 Å². The predicted molar refractivity (Wildman–Crippen MR) is 57.4 cm³/mol.